The van der Waals surface area contributed by atoms with Gasteiger partial charge in [0, 0.05) is 18.3 Å². The Balaban J connectivity index is 2.14. The molecule has 5 heteroatoms. The van der Waals surface area contributed by atoms with E-state index in [9.17, 15) is 4.79 Å². The number of carbonyl (C=O) groups is 1. The summed E-state index contributed by atoms with van der Waals surface area (Å²) in [6, 6.07) is -0.365. The molecule has 0 saturated carbocycles. The Morgan fingerprint density at radius 1 is 1.69 bits per heavy atom. The van der Waals surface area contributed by atoms with Gasteiger partial charge >= 0.3 is 0 Å². The Hall–Kier alpha value is -0.940. The van der Waals surface area contributed by atoms with Crippen LogP contribution in [0.4, 0.5) is 0 Å². The Bertz CT molecular complexity index is 300. The monoisotopic (exact) mass is 241 g/mol. The Morgan fingerprint density at radius 2 is 2.50 bits per heavy atom. The normalized spacial score (nSPS) is 12.4. The fraction of sp³-hybridized carbons (Fsp3) is 0.636. The molecule has 0 spiro atoms. The number of nitrogens with one attached hydrogen (secondary N) is 1. The van der Waals surface area contributed by atoms with Crippen LogP contribution in [0, 0.1) is 0 Å². The molecule has 0 unspecified atom stereocenters. The number of nitrogens with two attached hydrogens (primary N) is 1. The van der Waals surface area contributed by atoms with Crippen molar-refractivity contribution in [3.63, 3.8) is 0 Å². The van der Waals surface area contributed by atoms with E-state index in [-0.39, 0.29) is 11.9 Å². The summed E-state index contributed by atoms with van der Waals surface area (Å²) in [4.78, 5) is 15.7. The largest absolute Gasteiger partial charge is 0.354 e. The van der Waals surface area contributed by atoms with E-state index >= 15 is 0 Å². The average molecular weight is 241 g/mol. The molecule has 1 aromatic heterocycles. The highest BCUT2D eigenvalue weighted by atomic mass is 32.1. The van der Waals surface area contributed by atoms with Gasteiger partial charge in [0.1, 0.15) is 0 Å². The highest BCUT2D eigenvalue weighted by Crippen LogP contribution is 2.01. The lowest BCUT2D eigenvalue weighted by Gasteiger charge is -2.10. The number of thiazole rings is 1. The van der Waals surface area contributed by atoms with Crippen LogP contribution in [0.2, 0.25) is 0 Å². The molecule has 4 nitrogen and oxygen atoms in total. The standard InChI is InChI=1S/C11H19N3OS/c1-2-3-4-10(12)11(15)13-6-5-9-7-16-8-14-9/h7-8,10H,2-6,12H2,1H3,(H,13,15)/t10-/m0/s1. The maximum atomic E-state index is 11.5. The minimum atomic E-state index is -0.365. The average Bonchev–Trinajstić information content (AvgIpc) is 2.78. The summed E-state index contributed by atoms with van der Waals surface area (Å²) in [5.41, 5.74) is 8.55. The zero-order valence-corrected chi connectivity index (χ0v) is 10.4. The lowest BCUT2D eigenvalue weighted by Crippen LogP contribution is -2.41. The van der Waals surface area contributed by atoms with Crippen molar-refractivity contribution in [3.8, 4) is 0 Å². The van der Waals surface area contributed by atoms with Gasteiger partial charge < -0.3 is 11.1 Å². The predicted molar refractivity (Wildman–Crippen MR) is 66.3 cm³/mol. The van der Waals surface area contributed by atoms with Gasteiger partial charge in [-0.25, -0.2) is 4.98 Å². The van der Waals surface area contributed by atoms with Gasteiger partial charge in [-0.3, -0.25) is 4.79 Å². The Morgan fingerprint density at radius 3 is 3.12 bits per heavy atom. The summed E-state index contributed by atoms with van der Waals surface area (Å²) in [6.45, 7) is 2.70. The van der Waals surface area contributed by atoms with E-state index < -0.39 is 0 Å². The number of amides is 1. The molecule has 1 heterocycles. The van der Waals surface area contributed by atoms with Gasteiger partial charge in [-0.2, -0.15) is 0 Å². The molecule has 16 heavy (non-hydrogen) atoms. The molecule has 1 aromatic rings. The van der Waals surface area contributed by atoms with Gasteiger partial charge in [0.15, 0.2) is 0 Å². The van der Waals surface area contributed by atoms with Gasteiger partial charge in [-0.05, 0) is 6.42 Å². The van der Waals surface area contributed by atoms with E-state index in [2.05, 4.69) is 17.2 Å². The summed E-state index contributed by atoms with van der Waals surface area (Å²) in [5.74, 6) is -0.0521. The van der Waals surface area contributed by atoms with Crippen LogP contribution < -0.4 is 11.1 Å². The van der Waals surface area contributed by atoms with E-state index in [0.717, 1.165) is 31.4 Å². The Kier molecular flexibility index (Phi) is 6.03. The Labute approximate surface area is 100 Å². The van der Waals surface area contributed by atoms with Crippen LogP contribution in [-0.2, 0) is 11.2 Å². The molecule has 0 aromatic carbocycles. The van der Waals surface area contributed by atoms with Crippen LogP contribution in [0.5, 0.6) is 0 Å². The van der Waals surface area contributed by atoms with E-state index in [1.54, 1.807) is 16.8 Å². The van der Waals surface area contributed by atoms with Crippen LogP contribution in [-0.4, -0.2) is 23.5 Å². The molecule has 0 bridgehead atoms. The second-order valence-corrected chi connectivity index (χ2v) is 4.49. The fourth-order valence-electron chi connectivity index (χ4n) is 1.36. The third kappa shape index (κ3) is 4.72. The molecular formula is C11H19N3OS. The molecule has 0 radical (unpaired) electrons. The molecule has 1 rings (SSSR count). The molecule has 1 atom stereocenters. The number of rotatable bonds is 7. The highest BCUT2D eigenvalue weighted by Gasteiger charge is 2.11. The number of hydrogen-bond donors (Lipinski definition) is 2. The quantitative estimate of drug-likeness (QED) is 0.756. The molecule has 0 fully saturated rings. The second kappa shape index (κ2) is 7.35. The maximum absolute atomic E-state index is 11.5. The number of carbonyl (C=O) groups excluding carboxylic acids is 1. The van der Waals surface area contributed by atoms with E-state index in [1.807, 2.05) is 5.38 Å². The van der Waals surface area contributed by atoms with E-state index in [0.29, 0.717) is 6.54 Å². The topological polar surface area (TPSA) is 68.0 Å². The first-order valence-corrected chi connectivity index (χ1v) is 6.58. The number of hydrogen-bond acceptors (Lipinski definition) is 4. The second-order valence-electron chi connectivity index (χ2n) is 3.77. The molecule has 0 aliphatic rings. The molecular weight excluding hydrogens is 222 g/mol. The predicted octanol–water partition coefficient (Wildman–Crippen LogP) is 1.32. The van der Waals surface area contributed by atoms with Crippen LogP contribution in [0.15, 0.2) is 10.9 Å². The van der Waals surface area contributed by atoms with Gasteiger partial charge in [0.2, 0.25) is 5.91 Å². The van der Waals surface area contributed by atoms with Crippen LogP contribution >= 0.6 is 11.3 Å². The lowest BCUT2D eigenvalue weighted by atomic mass is 10.1. The third-order valence-corrected chi connectivity index (χ3v) is 3.00. The zero-order valence-electron chi connectivity index (χ0n) is 9.61. The van der Waals surface area contributed by atoms with Crippen molar-refractivity contribution >= 4 is 17.2 Å². The summed E-state index contributed by atoms with van der Waals surface area (Å²) < 4.78 is 0. The van der Waals surface area contributed by atoms with E-state index in [1.165, 1.54) is 0 Å². The van der Waals surface area contributed by atoms with Gasteiger partial charge in [-0.15, -0.1) is 11.3 Å². The smallest absolute Gasteiger partial charge is 0.236 e. The van der Waals surface area contributed by atoms with Crippen LogP contribution in [0.25, 0.3) is 0 Å². The van der Waals surface area contributed by atoms with Crippen molar-refractivity contribution in [1.29, 1.82) is 0 Å². The molecule has 0 aliphatic carbocycles. The van der Waals surface area contributed by atoms with Crippen molar-refractivity contribution in [1.82, 2.24) is 10.3 Å². The van der Waals surface area contributed by atoms with Crippen molar-refractivity contribution < 1.29 is 4.79 Å². The van der Waals surface area contributed by atoms with Crippen molar-refractivity contribution in [2.45, 2.75) is 38.6 Å². The summed E-state index contributed by atoms with van der Waals surface area (Å²) in [6.07, 6.45) is 3.61. The SMILES string of the molecule is CCCC[C@H](N)C(=O)NCCc1cscn1. The molecule has 0 aliphatic heterocycles. The van der Waals surface area contributed by atoms with Crippen LogP contribution in [0.1, 0.15) is 31.9 Å². The van der Waals surface area contributed by atoms with Crippen molar-refractivity contribution in [2.24, 2.45) is 5.73 Å². The van der Waals surface area contributed by atoms with Crippen molar-refractivity contribution in [2.75, 3.05) is 6.54 Å². The molecule has 0 saturated heterocycles. The number of aromatic nitrogens is 1. The lowest BCUT2D eigenvalue weighted by molar-refractivity contribution is -0.122. The van der Waals surface area contributed by atoms with Crippen LogP contribution in [0.3, 0.4) is 0 Å². The first-order valence-electron chi connectivity index (χ1n) is 5.64. The highest BCUT2D eigenvalue weighted by molar-refractivity contribution is 7.07. The third-order valence-electron chi connectivity index (χ3n) is 2.37. The van der Waals surface area contributed by atoms with Gasteiger partial charge in [0.05, 0.1) is 17.2 Å². The minimum absolute atomic E-state index is 0.0521. The summed E-state index contributed by atoms with van der Waals surface area (Å²) >= 11 is 1.57. The fourth-order valence-corrected chi connectivity index (χ4v) is 1.95. The molecule has 1 amide bonds. The maximum Gasteiger partial charge on any atom is 0.236 e. The van der Waals surface area contributed by atoms with Crippen molar-refractivity contribution in [3.05, 3.63) is 16.6 Å². The zero-order chi connectivity index (χ0) is 11.8. The summed E-state index contributed by atoms with van der Waals surface area (Å²) in [7, 11) is 0. The molecule has 90 valence electrons. The first-order chi connectivity index (χ1) is 7.74. The van der Waals surface area contributed by atoms with Gasteiger partial charge in [0.25, 0.3) is 0 Å². The molecule has 3 N–H and O–H groups in total. The minimum Gasteiger partial charge on any atom is -0.354 e. The number of nitrogens with zero attached hydrogens (tertiary/aromatic N) is 1. The van der Waals surface area contributed by atoms with Gasteiger partial charge in [-0.1, -0.05) is 19.8 Å². The number of unbranched alkanes of at least 4 members (excludes halogenated alkanes) is 1. The summed E-state index contributed by atoms with van der Waals surface area (Å²) in [5, 5.41) is 4.82. The van der Waals surface area contributed by atoms with E-state index in [4.69, 9.17) is 5.73 Å². The first kappa shape index (κ1) is 13.1.